The van der Waals surface area contributed by atoms with Crippen LogP contribution in [-0.4, -0.2) is 13.3 Å². The van der Waals surface area contributed by atoms with Gasteiger partial charge in [-0.2, -0.15) is 13.2 Å². The fourth-order valence-corrected chi connectivity index (χ4v) is 8.16. The highest BCUT2D eigenvalue weighted by Gasteiger charge is 2.54. The van der Waals surface area contributed by atoms with Crippen LogP contribution in [0.3, 0.4) is 0 Å². The lowest BCUT2D eigenvalue weighted by atomic mass is 9.70. The maximum absolute atomic E-state index is 13.8. The number of fused-ring (bicyclic) bond motifs is 4. The van der Waals surface area contributed by atoms with E-state index in [0.29, 0.717) is 5.56 Å². The van der Waals surface area contributed by atoms with Gasteiger partial charge in [-0.1, -0.05) is 73.4 Å². The van der Waals surface area contributed by atoms with Crippen LogP contribution in [0.5, 0.6) is 0 Å². The highest BCUT2D eigenvalue weighted by molar-refractivity contribution is 6.74. The molecule has 0 bridgehead atoms. The first-order valence-electron chi connectivity index (χ1n) is 15.0. The Morgan fingerprint density at radius 1 is 1.05 bits per heavy atom. The Hall–Kier alpha value is -1.70. The summed E-state index contributed by atoms with van der Waals surface area (Å²) in [4.78, 5) is 5.36. The Morgan fingerprint density at radius 2 is 1.70 bits per heavy atom. The van der Waals surface area contributed by atoms with Crippen LogP contribution in [-0.2, 0) is 27.4 Å². The van der Waals surface area contributed by atoms with Crippen LogP contribution < -0.4 is 0 Å². The summed E-state index contributed by atoms with van der Waals surface area (Å²) in [5.74, 6) is 0.109. The van der Waals surface area contributed by atoms with Crippen molar-refractivity contribution in [1.29, 1.82) is 0 Å². The third-order valence-electron chi connectivity index (χ3n) is 9.87. The number of halogens is 3. The molecule has 0 unspecified atom stereocenters. The molecule has 1 saturated carbocycles. The van der Waals surface area contributed by atoms with Crippen molar-refractivity contribution in [3.05, 3.63) is 63.5 Å². The van der Waals surface area contributed by atoms with Crippen molar-refractivity contribution in [3.63, 3.8) is 0 Å². The summed E-state index contributed by atoms with van der Waals surface area (Å²) >= 11 is 0. The molecule has 2 heterocycles. The van der Waals surface area contributed by atoms with Crippen LogP contribution in [0.25, 0.3) is 0 Å². The van der Waals surface area contributed by atoms with Crippen LogP contribution in [0.2, 0.25) is 18.1 Å². The molecule has 0 saturated heterocycles. The van der Waals surface area contributed by atoms with Crippen LogP contribution >= 0.6 is 0 Å². The van der Waals surface area contributed by atoms with Gasteiger partial charge in [-0.05, 0) is 78.4 Å². The molecule has 2 aliphatic carbocycles. The Labute approximate surface area is 239 Å². The van der Waals surface area contributed by atoms with E-state index in [1.54, 1.807) is 6.07 Å². The predicted octanol–water partition coefficient (Wildman–Crippen LogP) is 10.1. The van der Waals surface area contributed by atoms with Gasteiger partial charge in [-0.3, -0.25) is 4.98 Å². The normalized spacial score (nSPS) is 24.0. The summed E-state index contributed by atoms with van der Waals surface area (Å²) in [5, 5.41) is 0.0470. The monoisotopic (exact) mass is 573 g/mol. The number of hydrogen-bond acceptors (Lipinski definition) is 3. The zero-order valence-electron chi connectivity index (χ0n) is 25.7. The van der Waals surface area contributed by atoms with Crippen molar-refractivity contribution in [2.24, 2.45) is 5.41 Å². The van der Waals surface area contributed by atoms with Gasteiger partial charge in [0.2, 0.25) is 0 Å². The second kappa shape index (κ2) is 9.67. The van der Waals surface area contributed by atoms with E-state index in [0.717, 1.165) is 61.5 Å². The van der Waals surface area contributed by atoms with Gasteiger partial charge >= 0.3 is 6.18 Å². The molecule has 1 aliphatic heterocycles. The van der Waals surface area contributed by atoms with Crippen molar-refractivity contribution < 1.29 is 22.3 Å². The van der Waals surface area contributed by atoms with Crippen molar-refractivity contribution in [2.75, 3.05) is 0 Å². The van der Waals surface area contributed by atoms with E-state index < -0.39 is 31.8 Å². The quantitative estimate of drug-likeness (QED) is 0.341. The molecule has 1 aromatic heterocycles. The second-order valence-corrected chi connectivity index (χ2v) is 19.8. The molecule has 0 radical (unpaired) electrons. The fourth-order valence-electron chi connectivity index (χ4n) is 6.89. The first-order chi connectivity index (χ1) is 18.4. The standard InChI is InChI=1S/C33H46F3NO2Si/c1-20(2)28-26-27(25-23(37-28)18-31(6,7)19-24(25)39-40(8,9)30(3,4)5)32(15-10-11-16-32)38-29(26)21-13-12-14-22(17-21)33(34,35)36/h12-14,17,20,24,29H,10-11,15-16,18-19H2,1-9H3/t24-,29+/m0/s1. The molecular formula is C33H46F3NO2Si. The number of pyridine rings is 1. The minimum Gasteiger partial charge on any atom is -0.410 e. The molecular weight excluding hydrogens is 527 g/mol. The third kappa shape index (κ3) is 5.09. The van der Waals surface area contributed by atoms with E-state index in [-0.39, 0.29) is 22.5 Å². The Kier molecular flexibility index (Phi) is 7.20. The van der Waals surface area contributed by atoms with Crippen molar-refractivity contribution in [3.8, 4) is 0 Å². The molecule has 0 N–H and O–H groups in total. The second-order valence-electron chi connectivity index (χ2n) is 15.0. The van der Waals surface area contributed by atoms with Crippen LogP contribution in [0.1, 0.15) is 138 Å². The van der Waals surface area contributed by atoms with Gasteiger partial charge in [-0.25, -0.2) is 0 Å². The lowest BCUT2D eigenvalue weighted by Gasteiger charge is -2.45. The smallest absolute Gasteiger partial charge is 0.410 e. The van der Waals surface area contributed by atoms with Crippen LogP contribution in [0.15, 0.2) is 24.3 Å². The lowest BCUT2D eigenvalue weighted by molar-refractivity contribution is -0.137. The van der Waals surface area contributed by atoms with Gasteiger partial charge in [-0.15, -0.1) is 0 Å². The van der Waals surface area contributed by atoms with Gasteiger partial charge in [0, 0.05) is 22.5 Å². The minimum atomic E-state index is -4.41. The summed E-state index contributed by atoms with van der Waals surface area (Å²) in [6.07, 6.45) is 0.495. The van der Waals surface area contributed by atoms with Gasteiger partial charge in [0.05, 0.1) is 17.3 Å². The number of rotatable bonds is 4. The van der Waals surface area contributed by atoms with E-state index in [2.05, 4.69) is 61.6 Å². The molecule has 40 heavy (non-hydrogen) atoms. The third-order valence-corrected chi connectivity index (χ3v) is 14.4. The minimum absolute atomic E-state index is 0.0261. The SMILES string of the molecule is CC(C)c1nc2c(c3c1[C@@H](c1cccc(C(F)(F)F)c1)OC31CCCC1)[C@@H](O[Si](C)(C)C(C)(C)C)CC(C)(C)C2. The average molecular weight is 574 g/mol. The highest BCUT2D eigenvalue weighted by atomic mass is 28.4. The molecule has 1 fully saturated rings. The average Bonchev–Trinajstić information content (AvgIpc) is 3.41. The summed E-state index contributed by atoms with van der Waals surface area (Å²) in [6.45, 7) is 20.3. The molecule has 5 rings (SSSR count). The van der Waals surface area contributed by atoms with Gasteiger partial charge in [0.15, 0.2) is 8.32 Å². The van der Waals surface area contributed by atoms with E-state index in [1.165, 1.54) is 23.3 Å². The fraction of sp³-hybridized carbons (Fsp3) is 0.667. The number of benzene rings is 1. The topological polar surface area (TPSA) is 31.4 Å². The van der Waals surface area contributed by atoms with Gasteiger partial charge in [0.25, 0.3) is 0 Å². The molecule has 3 nitrogen and oxygen atoms in total. The van der Waals surface area contributed by atoms with Crippen LogP contribution in [0, 0.1) is 5.41 Å². The van der Waals surface area contributed by atoms with E-state index in [1.807, 2.05) is 0 Å². The molecule has 2 atom stereocenters. The van der Waals surface area contributed by atoms with E-state index in [4.69, 9.17) is 14.1 Å². The number of hydrogen-bond donors (Lipinski definition) is 0. The molecule has 0 amide bonds. The number of nitrogens with zero attached hydrogens (tertiary/aromatic N) is 1. The summed E-state index contributed by atoms with van der Waals surface area (Å²) in [5.41, 5.74) is 4.87. The van der Waals surface area contributed by atoms with Crippen molar-refractivity contribution in [1.82, 2.24) is 4.98 Å². The maximum atomic E-state index is 13.8. The molecule has 1 aromatic carbocycles. The summed E-state index contributed by atoms with van der Waals surface area (Å²) < 4.78 is 55.6. The number of aromatic nitrogens is 1. The number of ether oxygens (including phenoxy) is 1. The summed E-state index contributed by atoms with van der Waals surface area (Å²) in [7, 11) is -2.15. The van der Waals surface area contributed by atoms with Crippen molar-refractivity contribution >= 4 is 8.32 Å². The molecule has 220 valence electrons. The number of alkyl halides is 3. The first-order valence-corrected chi connectivity index (χ1v) is 17.9. The lowest BCUT2D eigenvalue weighted by Crippen LogP contribution is -2.44. The molecule has 2 aromatic rings. The Morgan fingerprint density at radius 3 is 2.27 bits per heavy atom. The van der Waals surface area contributed by atoms with Gasteiger partial charge in [0.1, 0.15) is 6.10 Å². The van der Waals surface area contributed by atoms with E-state index >= 15 is 0 Å². The molecule has 3 aliphatic rings. The first kappa shape index (κ1) is 29.8. The summed E-state index contributed by atoms with van der Waals surface area (Å²) in [6, 6.07) is 5.71. The van der Waals surface area contributed by atoms with Gasteiger partial charge < -0.3 is 9.16 Å². The molecule has 7 heteroatoms. The molecule has 1 spiro atoms. The van der Waals surface area contributed by atoms with Crippen LogP contribution in [0.4, 0.5) is 13.2 Å². The predicted molar refractivity (Wildman–Crippen MR) is 156 cm³/mol. The zero-order chi connectivity index (χ0) is 29.5. The highest BCUT2D eigenvalue weighted by Crippen LogP contribution is 2.60. The largest absolute Gasteiger partial charge is 0.416 e. The zero-order valence-corrected chi connectivity index (χ0v) is 26.7. The Bertz CT molecular complexity index is 1290. The Balaban J connectivity index is 1.78. The maximum Gasteiger partial charge on any atom is 0.416 e. The van der Waals surface area contributed by atoms with E-state index in [9.17, 15) is 13.2 Å². The van der Waals surface area contributed by atoms with Crippen molar-refractivity contribution in [2.45, 2.75) is 135 Å².